The summed E-state index contributed by atoms with van der Waals surface area (Å²) in [5.41, 5.74) is 5.44. The molecule has 0 aliphatic carbocycles. The lowest BCUT2D eigenvalue weighted by atomic mass is 10.0. The molecule has 1 atom stereocenters. The summed E-state index contributed by atoms with van der Waals surface area (Å²) in [6.45, 7) is 4.16. The summed E-state index contributed by atoms with van der Waals surface area (Å²) in [6, 6.07) is 29.6. The van der Waals surface area contributed by atoms with Crippen molar-refractivity contribution in [2.24, 2.45) is 0 Å². The second-order valence-corrected chi connectivity index (χ2v) is 9.33. The second kappa shape index (κ2) is 13.2. The average Bonchev–Trinajstić information content (AvgIpc) is 2.93. The first-order chi connectivity index (χ1) is 18.0. The van der Waals surface area contributed by atoms with Gasteiger partial charge in [-0.15, -0.1) is 0 Å². The summed E-state index contributed by atoms with van der Waals surface area (Å²) in [5.74, 6) is -0.363. The lowest BCUT2D eigenvalue weighted by Crippen LogP contribution is -2.30. The minimum atomic E-state index is -0.631. The number of ether oxygens (including phenoxy) is 1. The third-order valence-electron chi connectivity index (χ3n) is 6.15. The van der Waals surface area contributed by atoms with E-state index in [9.17, 15) is 9.90 Å². The summed E-state index contributed by atoms with van der Waals surface area (Å²) in [5, 5.41) is 11.5. The van der Waals surface area contributed by atoms with Gasteiger partial charge in [0.25, 0.3) is 0 Å². The van der Waals surface area contributed by atoms with Gasteiger partial charge >= 0.3 is 5.97 Å². The number of hydrogen-bond acceptors (Lipinski definition) is 5. The number of aromatic nitrogens is 1. The fourth-order valence-corrected chi connectivity index (χ4v) is 4.37. The molecule has 0 bridgehead atoms. The first-order valence-electron chi connectivity index (χ1n) is 12.4. The molecule has 4 aromatic rings. The summed E-state index contributed by atoms with van der Waals surface area (Å²) >= 11 is 6.14. The highest BCUT2D eigenvalue weighted by atomic mass is 35.5. The Kier molecular flexibility index (Phi) is 9.44. The van der Waals surface area contributed by atoms with E-state index in [0.29, 0.717) is 23.7 Å². The monoisotopic (exact) mass is 514 g/mol. The van der Waals surface area contributed by atoms with E-state index < -0.39 is 6.10 Å². The standard InChI is InChI=1S/C31H31ClN2O3/c1-2-37-31(36)27-15-16-29(33-20-27)25-13-11-23(12-14-25)17-18-34(21-24-7-4-3-5-8-24)22-30(35)26-9-6-10-28(32)19-26/h3-16,19-20,30,35H,2,17-18,21-22H2,1H3. The zero-order valence-electron chi connectivity index (χ0n) is 20.9. The van der Waals surface area contributed by atoms with Crippen LogP contribution in [0.5, 0.6) is 0 Å². The van der Waals surface area contributed by atoms with Crippen molar-refractivity contribution in [3.8, 4) is 11.3 Å². The predicted octanol–water partition coefficient (Wildman–Crippen LogP) is 6.36. The third-order valence-corrected chi connectivity index (χ3v) is 6.39. The molecule has 3 aromatic carbocycles. The Bertz CT molecular complexity index is 1280. The third kappa shape index (κ3) is 7.73. The van der Waals surface area contributed by atoms with E-state index in [0.717, 1.165) is 36.3 Å². The van der Waals surface area contributed by atoms with E-state index in [1.807, 2.05) is 60.7 Å². The van der Waals surface area contributed by atoms with Crippen LogP contribution in [-0.2, 0) is 17.7 Å². The van der Waals surface area contributed by atoms with E-state index in [1.54, 1.807) is 19.2 Å². The Morgan fingerprint density at radius 2 is 1.76 bits per heavy atom. The molecule has 1 aromatic heterocycles. The molecule has 0 saturated carbocycles. The van der Waals surface area contributed by atoms with Crippen molar-refractivity contribution >= 4 is 17.6 Å². The van der Waals surface area contributed by atoms with Gasteiger partial charge in [0, 0.05) is 36.4 Å². The smallest absolute Gasteiger partial charge is 0.339 e. The fourth-order valence-electron chi connectivity index (χ4n) is 4.17. The number of pyridine rings is 1. The molecular formula is C31H31ClN2O3. The Hall–Kier alpha value is -3.51. The van der Waals surface area contributed by atoms with Gasteiger partial charge in [-0.05, 0) is 54.3 Å². The fraction of sp³-hybridized carbons (Fsp3) is 0.226. The molecule has 0 spiro atoms. The molecule has 37 heavy (non-hydrogen) atoms. The highest BCUT2D eigenvalue weighted by molar-refractivity contribution is 6.30. The van der Waals surface area contributed by atoms with Crippen molar-refractivity contribution in [1.29, 1.82) is 0 Å². The van der Waals surface area contributed by atoms with Crippen LogP contribution in [0.3, 0.4) is 0 Å². The maximum atomic E-state index is 11.9. The van der Waals surface area contributed by atoms with Crippen LogP contribution in [0.4, 0.5) is 0 Å². The number of esters is 1. The van der Waals surface area contributed by atoms with E-state index in [2.05, 4.69) is 34.1 Å². The summed E-state index contributed by atoms with van der Waals surface area (Å²) < 4.78 is 5.02. The van der Waals surface area contributed by atoms with Gasteiger partial charge in [0.1, 0.15) is 0 Å². The lowest BCUT2D eigenvalue weighted by Gasteiger charge is -2.25. The highest BCUT2D eigenvalue weighted by Crippen LogP contribution is 2.21. The van der Waals surface area contributed by atoms with Crippen LogP contribution in [0.25, 0.3) is 11.3 Å². The number of halogens is 1. The Morgan fingerprint density at radius 1 is 0.973 bits per heavy atom. The molecule has 5 nitrogen and oxygen atoms in total. The number of aliphatic hydroxyl groups excluding tert-OH is 1. The first kappa shape index (κ1) is 26.6. The van der Waals surface area contributed by atoms with Crippen LogP contribution in [0.1, 0.15) is 40.1 Å². The molecule has 1 unspecified atom stereocenters. The summed E-state index contributed by atoms with van der Waals surface area (Å²) in [4.78, 5) is 18.5. The van der Waals surface area contributed by atoms with Gasteiger partial charge < -0.3 is 9.84 Å². The molecule has 0 saturated heterocycles. The maximum absolute atomic E-state index is 11.9. The van der Waals surface area contributed by atoms with Crippen LogP contribution >= 0.6 is 11.6 Å². The normalized spacial score (nSPS) is 11.9. The van der Waals surface area contributed by atoms with Gasteiger partial charge in [-0.2, -0.15) is 0 Å². The second-order valence-electron chi connectivity index (χ2n) is 8.89. The molecule has 0 aliphatic heterocycles. The molecular weight excluding hydrogens is 484 g/mol. The molecule has 190 valence electrons. The number of nitrogens with zero attached hydrogens (tertiary/aromatic N) is 2. The van der Waals surface area contributed by atoms with Crippen molar-refractivity contribution < 1.29 is 14.6 Å². The molecule has 0 amide bonds. The molecule has 1 heterocycles. The molecule has 4 rings (SSSR count). The maximum Gasteiger partial charge on any atom is 0.339 e. The van der Waals surface area contributed by atoms with Gasteiger partial charge in [0.2, 0.25) is 0 Å². The van der Waals surface area contributed by atoms with E-state index in [1.165, 1.54) is 11.1 Å². The summed E-state index contributed by atoms with van der Waals surface area (Å²) in [6.07, 6.45) is 1.76. The molecule has 0 aliphatic rings. The quantitative estimate of drug-likeness (QED) is 0.236. The molecule has 0 fully saturated rings. The van der Waals surface area contributed by atoms with Gasteiger partial charge in [0.15, 0.2) is 0 Å². The van der Waals surface area contributed by atoms with Crippen molar-refractivity contribution in [1.82, 2.24) is 9.88 Å². The van der Waals surface area contributed by atoms with Crippen molar-refractivity contribution in [3.63, 3.8) is 0 Å². The van der Waals surface area contributed by atoms with Crippen molar-refractivity contribution in [2.45, 2.75) is 26.0 Å². The van der Waals surface area contributed by atoms with E-state index in [4.69, 9.17) is 16.3 Å². The van der Waals surface area contributed by atoms with Gasteiger partial charge in [-0.25, -0.2) is 4.79 Å². The highest BCUT2D eigenvalue weighted by Gasteiger charge is 2.15. The number of carbonyl (C=O) groups is 1. The number of rotatable bonds is 11. The number of benzene rings is 3. The van der Waals surface area contributed by atoms with Crippen molar-refractivity contribution in [3.05, 3.63) is 124 Å². The number of carbonyl (C=O) groups excluding carboxylic acids is 1. The minimum absolute atomic E-state index is 0.338. The Labute approximate surface area is 223 Å². The lowest BCUT2D eigenvalue weighted by molar-refractivity contribution is 0.0526. The zero-order valence-corrected chi connectivity index (χ0v) is 21.6. The molecule has 1 N–H and O–H groups in total. The van der Waals surface area contributed by atoms with Gasteiger partial charge in [0.05, 0.1) is 24.0 Å². The van der Waals surface area contributed by atoms with Crippen molar-refractivity contribution in [2.75, 3.05) is 19.7 Å². The minimum Gasteiger partial charge on any atom is -0.462 e. The number of hydrogen-bond donors (Lipinski definition) is 1. The SMILES string of the molecule is CCOC(=O)c1ccc(-c2ccc(CCN(Cc3ccccc3)CC(O)c3cccc(Cl)c3)cc2)nc1. The summed E-state index contributed by atoms with van der Waals surface area (Å²) in [7, 11) is 0. The average molecular weight is 515 g/mol. The van der Waals surface area contributed by atoms with Crippen LogP contribution in [0.2, 0.25) is 5.02 Å². The molecule has 6 heteroatoms. The van der Waals surface area contributed by atoms with Gasteiger partial charge in [-0.1, -0.05) is 78.3 Å². The topological polar surface area (TPSA) is 62.7 Å². The van der Waals surface area contributed by atoms with Crippen LogP contribution < -0.4 is 0 Å². The Morgan fingerprint density at radius 3 is 2.43 bits per heavy atom. The van der Waals surface area contributed by atoms with Gasteiger partial charge in [-0.3, -0.25) is 9.88 Å². The van der Waals surface area contributed by atoms with Crippen LogP contribution in [0, 0.1) is 0 Å². The predicted molar refractivity (Wildman–Crippen MR) is 147 cm³/mol. The first-order valence-corrected chi connectivity index (χ1v) is 12.8. The van der Waals surface area contributed by atoms with Crippen LogP contribution in [0.15, 0.2) is 97.2 Å². The van der Waals surface area contributed by atoms with Crippen LogP contribution in [-0.4, -0.2) is 40.7 Å². The van der Waals surface area contributed by atoms with E-state index in [-0.39, 0.29) is 5.97 Å². The van der Waals surface area contributed by atoms with E-state index >= 15 is 0 Å². The largest absolute Gasteiger partial charge is 0.462 e. The Balaban J connectivity index is 1.41. The number of aliphatic hydroxyl groups is 1. The zero-order chi connectivity index (χ0) is 26.0. The molecule has 0 radical (unpaired) electrons.